The number of unbranched alkanes of at least 4 members (excludes halogenated alkanes) is 38. The van der Waals surface area contributed by atoms with Crippen molar-refractivity contribution in [2.24, 2.45) is 0 Å². The second kappa shape index (κ2) is 53.8. The number of aliphatic hydroxyl groups is 2. The van der Waals surface area contributed by atoms with Crippen molar-refractivity contribution in [3.8, 4) is 0 Å². The van der Waals surface area contributed by atoms with Gasteiger partial charge in [-0.3, -0.25) is 14.4 Å². The van der Waals surface area contributed by atoms with E-state index in [2.05, 4.69) is 45.1 Å². The van der Waals surface area contributed by atoms with Gasteiger partial charge in [-0.05, 0) is 51.4 Å². The number of esters is 3. The van der Waals surface area contributed by atoms with Crippen LogP contribution < -0.4 is 0 Å². The number of hydrogen-bond acceptors (Lipinski definition) is 11. The standard InChI is InChI=1S/C65H118O12/c1-4-7-10-13-16-19-21-23-25-27-29-31-33-35-37-40-42-45-48-51-57(66)73-54-56(75-58(67)52-49-46-43-39-18-15-12-9-6-3)55-74-65-63(61(70)60(69)62(77-65)64(71)72)76-59(68)53-50-47-44-41-38-36-34-32-30-28-26-24-22-20-17-14-11-8-5-2/h17,20,24,26,56,60-63,65,69-70H,4-16,18-19,21-23,25,27-55H2,1-3H3,(H,71,72)/b20-17-,26-24-. The van der Waals surface area contributed by atoms with Gasteiger partial charge in [-0.1, -0.05) is 270 Å². The van der Waals surface area contributed by atoms with Gasteiger partial charge in [-0.15, -0.1) is 0 Å². The van der Waals surface area contributed by atoms with Gasteiger partial charge in [0.05, 0.1) is 6.61 Å². The van der Waals surface area contributed by atoms with Crippen molar-refractivity contribution in [3.63, 3.8) is 0 Å². The van der Waals surface area contributed by atoms with Crippen LogP contribution in [0.25, 0.3) is 0 Å². The van der Waals surface area contributed by atoms with Crippen molar-refractivity contribution in [3.05, 3.63) is 24.3 Å². The van der Waals surface area contributed by atoms with E-state index < -0.39 is 67.3 Å². The Kier molecular flexibility index (Phi) is 50.5. The van der Waals surface area contributed by atoms with Crippen LogP contribution in [0.2, 0.25) is 0 Å². The Hall–Kier alpha value is -2.80. The Morgan fingerprint density at radius 1 is 0.429 bits per heavy atom. The SMILES string of the molecule is CCCCC/C=C\C/C=C\CCCCCCCCCCCC(=O)OC1C(OCC(COC(=O)CCCCCCCCCCCCCCCCCCCCC)OC(=O)CCCCCCCCCCC)OC(C(=O)O)C(O)C1O. The predicted octanol–water partition coefficient (Wildman–Crippen LogP) is 17.0. The number of aliphatic carboxylic acids is 1. The smallest absolute Gasteiger partial charge is 0.335 e. The summed E-state index contributed by atoms with van der Waals surface area (Å²) < 4.78 is 28.5. The summed E-state index contributed by atoms with van der Waals surface area (Å²) in [6.07, 6.45) is 50.1. The molecule has 1 saturated heterocycles. The zero-order valence-electron chi connectivity index (χ0n) is 49.7. The van der Waals surface area contributed by atoms with Crippen LogP contribution >= 0.6 is 0 Å². The van der Waals surface area contributed by atoms with Crippen molar-refractivity contribution in [1.29, 1.82) is 0 Å². The van der Waals surface area contributed by atoms with E-state index in [-0.39, 0.29) is 25.9 Å². The number of allylic oxidation sites excluding steroid dienone is 4. The third-order valence-electron chi connectivity index (χ3n) is 15.0. The maximum absolute atomic E-state index is 13.1. The van der Waals surface area contributed by atoms with Crippen LogP contribution in [0.15, 0.2) is 24.3 Å². The second-order valence-electron chi connectivity index (χ2n) is 22.4. The van der Waals surface area contributed by atoms with E-state index in [1.165, 1.54) is 180 Å². The van der Waals surface area contributed by atoms with E-state index in [9.17, 15) is 34.5 Å². The molecule has 6 unspecified atom stereocenters. The van der Waals surface area contributed by atoms with Crippen LogP contribution in [0.4, 0.5) is 0 Å². The molecule has 1 aliphatic rings. The molecule has 6 atom stereocenters. The third kappa shape index (κ3) is 43.7. The quantitative estimate of drug-likeness (QED) is 0.0228. The Balaban J connectivity index is 2.56. The molecule has 1 rings (SSSR count). The molecule has 1 fully saturated rings. The van der Waals surface area contributed by atoms with Gasteiger partial charge in [0.2, 0.25) is 0 Å². The molecule has 1 heterocycles. The minimum atomic E-state index is -1.90. The molecule has 0 bridgehead atoms. The summed E-state index contributed by atoms with van der Waals surface area (Å²) in [5, 5.41) is 31.5. The molecular weight excluding hydrogens is 973 g/mol. The lowest BCUT2D eigenvalue weighted by atomic mass is 9.98. The van der Waals surface area contributed by atoms with Gasteiger partial charge < -0.3 is 39.0 Å². The molecule has 77 heavy (non-hydrogen) atoms. The van der Waals surface area contributed by atoms with Crippen LogP contribution in [0.1, 0.15) is 316 Å². The molecule has 0 aromatic rings. The summed E-state index contributed by atoms with van der Waals surface area (Å²) in [6.45, 7) is 5.99. The van der Waals surface area contributed by atoms with E-state index in [1.54, 1.807) is 0 Å². The number of carbonyl (C=O) groups excluding carboxylic acids is 3. The molecule has 3 N–H and O–H groups in total. The first-order chi connectivity index (χ1) is 37.6. The highest BCUT2D eigenvalue weighted by Crippen LogP contribution is 2.27. The summed E-state index contributed by atoms with van der Waals surface area (Å²) in [5.41, 5.74) is 0. The van der Waals surface area contributed by atoms with Gasteiger partial charge in [0.15, 0.2) is 24.6 Å². The molecule has 12 nitrogen and oxygen atoms in total. The van der Waals surface area contributed by atoms with E-state index >= 15 is 0 Å². The summed E-state index contributed by atoms with van der Waals surface area (Å²) >= 11 is 0. The minimum absolute atomic E-state index is 0.0606. The van der Waals surface area contributed by atoms with Crippen molar-refractivity contribution >= 4 is 23.9 Å². The van der Waals surface area contributed by atoms with Crippen LogP contribution in [-0.4, -0.2) is 89.2 Å². The molecule has 0 spiro atoms. The van der Waals surface area contributed by atoms with E-state index in [0.717, 1.165) is 77.0 Å². The molecule has 0 amide bonds. The zero-order chi connectivity index (χ0) is 56.1. The Labute approximate surface area is 470 Å². The Morgan fingerprint density at radius 2 is 0.779 bits per heavy atom. The summed E-state index contributed by atoms with van der Waals surface area (Å²) in [4.78, 5) is 51.1. The van der Waals surface area contributed by atoms with Crippen LogP contribution in [0.3, 0.4) is 0 Å². The molecular formula is C65H118O12. The number of carbonyl (C=O) groups is 4. The molecule has 0 radical (unpaired) electrons. The van der Waals surface area contributed by atoms with E-state index in [1.807, 2.05) is 0 Å². The fourth-order valence-electron chi connectivity index (χ4n) is 10.0. The van der Waals surface area contributed by atoms with Crippen molar-refractivity contribution in [2.45, 2.75) is 353 Å². The first-order valence-corrected chi connectivity index (χ1v) is 32.3. The lowest BCUT2D eigenvalue weighted by Gasteiger charge is -2.40. The minimum Gasteiger partial charge on any atom is -0.479 e. The number of hydrogen-bond donors (Lipinski definition) is 3. The number of ether oxygens (including phenoxy) is 5. The molecule has 1 aliphatic heterocycles. The zero-order valence-corrected chi connectivity index (χ0v) is 49.7. The molecule has 0 aromatic heterocycles. The first kappa shape index (κ1) is 72.2. The molecule has 450 valence electrons. The first-order valence-electron chi connectivity index (χ1n) is 32.3. The van der Waals surface area contributed by atoms with E-state index in [4.69, 9.17) is 23.7 Å². The number of rotatable bonds is 56. The van der Waals surface area contributed by atoms with Crippen LogP contribution in [0.5, 0.6) is 0 Å². The summed E-state index contributed by atoms with van der Waals surface area (Å²) in [5.74, 6) is -3.09. The highest BCUT2D eigenvalue weighted by atomic mass is 16.7. The lowest BCUT2D eigenvalue weighted by Crippen LogP contribution is -2.61. The average Bonchev–Trinajstić information content (AvgIpc) is 3.42. The van der Waals surface area contributed by atoms with Crippen molar-refractivity contribution in [2.75, 3.05) is 13.2 Å². The monoisotopic (exact) mass is 1090 g/mol. The van der Waals surface area contributed by atoms with Gasteiger partial charge in [0.1, 0.15) is 18.8 Å². The van der Waals surface area contributed by atoms with Crippen molar-refractivity contribution in [1.82, 2.24) is 0 Å². The van der Waals surface area contributed by atoms with E-state index in [0.29, 0.717) is 19.3 Å². The third-order valence-corrected chi connectivity index (χ3v) is 15.0. The lowest BCUT2D eigenvalue weighted by molar-refractivity contribution is -0.301. The van der Waals surface area contributed by atoms with Gasteiger partial charge in [0, 0.05) is 19.3 Å². The second-order valence-corrected chi connectivity index (χ2v) is 22.4. The Morgan fingerprint density at radius 3 is 1.19 bits per heavy atom. The summed E-state index contributed by atoms with van der Waals surface area (Å²) in [7, 11) is 0. The van der Waals surface area contributed by atoms with Gasteiger partial charge in [-0.25, -0.2) is 4.79 Å². The van der Waals surface area contributed by atoms with Crippen LogP contribution in [-0.2, 0) is 42.9 Å². The number of carboxylic acid groups (broad SMARTS) is 1. The highest BCUT2D eigenvalue weighted by Gasteiger charge is 2.50. The van der Waals surface area contributed by atoms with Gasteiger partial charge >= 0.3 is 23.9 Å². The predicted molar refractivity (Wildman–Crippen MR) is 313 cm³/mol. The molecule has 12 heteroatoms. The Bertz CT molecular complexity index is 1430. The van der Waals surface area contributed by atoms with Gasteiger partial charge in [-0.2, -0.15) is 0 Å². The number of carboxylic acids is 1. The molecule has 0 saturated carbocycles. The maximum atomic E-state index is 13.1. The van der Waals surface area contributed by atoms with Crippen molar-refractivity contribution < 1.29 is 58.2 Å². The fraction of sp³-hybridized carbons (Fsp3) is 0.877. The largest absolute Gasteiger partial charge is 0.479 e. The fourth-order valence-corrected chi connectivity index (χ4v) is 10.0. The normalized spacial score (nSPS) is 18.1. The summed E-state index contributed by atoms with van der Waals surface area (Å²) in [6, 6.07) is 0. The number of aliphatic hydroxyl groups excluding tert-OH is 2. The molecule has 0 aromatic carbocycles. The topological polar surface area (TPSA) is 175 Å². The maximum Gasteiger partial charge on any atom is 0.335 e. The van der Waals surface area contributed by atoms with Gasteiger partial charge in [0.25, 0.3) is 0 Å². The average molecular weight is 1090 g/mol. The molecule has 0 aliphatic carbocycles. The highest BCUT2D eigenvalue weighted by molar-refractivity contribution is 5.74. The van der Waals surface area contributed by atoms with Crippen LogP contribution in [0, 0.1) is 0 Å².